The van der Waals surface area contributed by atoms with E-state index in [0.29, 0.717) is 16.7 Å². The van der Waals surface area contributed by atoms with Crippen molar-refractivity contribution in [3.05, 3.63) is 72.1 Å². The van der Waals surface area contributed by atoms with Crippen molar-refractivity contribution in [3.63, 3.8) is 0 Å². The van der Waals surface area contributed by atoms with Gasteiger partial charge >= 0.3 is 0 Å². The first-order chi connectivity index (χ1) is 16.0. The summed E-state index contributed by atoms with van der Waals surface area (Å²) in [4.78, 5) is 29.5. The van der Waals surface area contributed by atoms with Crippen molar-refractivity contribution < 1.29 is 9.59 Å². The number of benzene rings is 2. The van der Waals surface area contributed by atoms with Gasteiger partial charge in [0.2, 0.25) is 5.91 Å². The van der Waals surface area contributed by atoms with Crippen LogP contribution >= 0.6 is 12.2 Å². The standard InChI is InChI=1S/C26H26N4O2S/c1-18-11-13-28(14-12-18)24(31)17-29-16-19(21-9-5-6-10-23(21)29)15-22-25(32)30(26(33)27-22)20-7-3-2-4-8-20/h2-10,15-16,18H,11-14,17H2,1H3,(H,27,33)/b22-15-. The second-order valence-corrected chi connectivity index (χ2v) is 9.14. The number of piperidine rings is 1. The van der Waals surface area contributed by atoms with Crippen LogP contribution in [0.25, 0.3) is 17.0 Å². The van der Waals surface area contributed by atoms with Gasteiger partial charge in [0, 0.05) is 35.8 Å². The lowest BCUT2D eigenvalue weighted by atomic mass is 9.99. The minimum absolute atomic E-state index is 0.133. The Hall–Kier alpha value is -3.45. The first-order valence-electron chi connectivity index (χ1n) is 11.3. The minimum Gasteiger partial charge on any atom is -0.341 e. The first-order valence-corrected chi connectivity index (χ1v) is 11.7. The van der Waals surface area contributed by atoms with E-state index in [9.17, 15) is 9.59 Å². The fraction of sp³-hybridized carbons (Fsp3) is 0.269. The molecular formula is C26H26N4O2S. The molecule has 1 aromatic heterocycles. The number of thiocarbonyl (C=S) groups is 1. The Morgan fingerprint density at radius 1 is 1.09 bits per heavy atom. The van der Waals surface area contributed by atoms with Gasteiger partial charge in [-0.05, 0) is 55.3 Å². The van der Waals surface area contributed by atoms with Crippen LogP contribution in [-0.2, 0) is 16.1 Å². The maximum absolute atomic E-state index is 13.1. The first kappa shape index (κ1) is 21.4. The summed E-state index contributed by atoms with van der Waals surface area (Å²) >= 11 is 5.43. The lowest BCUT2D eigenvalue weighted by Crippen LogP contribution is -2.39. The second kappa shape index (κ2) is 8.83. The average Bonchev–Trinajstić information content (AvgIpc) is 3.31. The van der Waals surface area contributed by atoms with Crippen LogP contribution in [0.1, 0.15) is 25.3 Å². The van der Waals surface area contributed by atoms with Gasteiger partial charge in [-0.15, -0.1) is 0 Å². The minimum atomic E-state index is -0.193. The third-order valence-electron chi connectivity index (χ3n) is 6.45. The van der Waals surface area contributed by atoms with Crippen LogP contribution in [0.2, 0.25) is 0 Å². The molecule has 2 aromatic carbocycles. The summed E-state index contributed by atoms with van der Waals surface area (Å²) in [6.45, 7) is 4.17. The van der Waals surface area contributed by atoms with E-state index >= 15 is 0 Å². The third-order valence-corrected chi connectivity index (χ3v) is 6.74. The Morgan fingerprint density at radius 2 is 1.79 bits per heavy atom. The zero-order valence-electron chi connectivity index (χ0n) is 18.5. The number of carbonyl (C=O) groups excluding carboxylic acids is 2. The molecule has 0 unspecified atom stereocenters. The highest BCUT2D eigenvalue weighted by Gasteiger charge is 2.32. The zero-order chi connectivity index (χ0) is 22.9. The lowest BCUT2D eigenvalue weighted by Gasteiger charge is -2.30. The van der Waals surface area contributed by atoms with Crippen LogP contribution in [0.5, 0.6) is 0 Å². The molecule has 6 nitrogen and oxygen atoms in total. The summed E-state index contributed by atoms with van der Waals surface area (Å²) in [5, 5.41) is 4.40. The Bertz CT molecular complexity index is 1260. The van der Waals surface area contributed by atoms with Gasteiger partial charge < -0.3 is 14.8 Å². The van der Waals surface area contributed by atoms with Gasteiger partial charge in [0.1, 0.15) is 12.2 Å². The Kier molecular flexibility index (Phi) is 5.72. The van der Waals surface area contributed by atoms with Gasteiger partial charge in [0.25, 0.3) is 5.91 Å². The van der Waals surface area contributed by atoms with Crippen molar-refractivity contribution in [2.45, 2.75) is 26.3 Å². The fourth-order valence-electron chi connectivity index (χ4n) is 4.53. The quantitative estimate of drug-likeness (QED) is 0.471. The molecule has 0 spiro atoms. The third kappa shape index (κ3) is 4.16. The number of para-hydroxylation sites is 2. The molecule has 0 atom stereocenters. The van der Waals surface area contributed by atoms with E-state index in [1.165, 1.54) is 4.90 Å². The van der Waals surface area contributed by atoms with Crippen LogP contribution in [-0.4, -0.2) is 39.5 Å². The molecule has 0 bridgehead atoms. The molecule has 0 saturated carbocycles. The zero-order valence-corrected chi connectivity index (χ0v) is 19.3. The number of carbonyl (C=O) groups is 2. The van der Waals surface area contributed by atoms with Crippen molar-refractivity contribution in [1.82, 2.24) is 14.8 Å². The molecule has 3 heterocycles. The molecule has 7 heteroatoms. The lowest BCUT2D eigenvalue weighted by molar-refractivity contribution is -0.133. The fourth-order valence-corrected chi connectivity index (χ4v) is 4.83. The summed E-state index contributed by atoms with van der Waals surface area (Å²) in [6.07, 6.45) is 5.89. The molecule has 2 saturated heterocycles. The Morgan fingerprint density at radius 3 is 2.55 bits per heavy atom. The number of nitrogens with zero attached hydrogens (tertiary/aromatic N) is 3. The van der Waals surface area contributed by atoms with E-state index < -0.39 is 0 Å². The molecule has 33 heavy (non-hydrogen) atoms. The van der Waals surface area contributed by atoms with Crippen molar-refractivity contribution in [3.8, 4) is 0 Å². The predicted octanol–water partition coefficient (Wildman–Crippen LogP) is 4.16. The van der Waals surface area contributed by atoms with Crippen LogP contribution in [0, 0.1) is 5.92 Å². The number of fused-ring (bicyclic) bond motifs is 1. The van der Waals surface area contributed by atoms with E-state index in [2.05, 4.69) is 12.2 Å². The molecule has 2 aliphatic rings. The molecule has 0 radical (unpaired) electrons. The van der Waals surface area contributed by atoms with E-state index in [0.717, 1.165) is 48.1 Å². The summed E-state index contributed by atoms with van der Waals surface area (Å²) in [5.41, 5.74) is 2.99. The maximum atomic E-state index is 13.1. The summed E-state index contributed by atoms with van der Waals surface area (Å²) in [7, 11) is 0. The van der Waals surface area contributed by atoms with Crippen LogP contribution in [0.3, 0.4) is 0 Å². The van der Waals surface area contributed by atoms with Crippen LogP contribution < -0.4 is 10.2 Å². The number of hydrogen-bond donors (Lipinski definition) is 1. The van der Waals surface area contributed by atoms with Crippen molar-refractivity contribution >= 4 is 51.8 Å². The normalized spacial score (nSPS) is 18.4. The summed E-state index contributed by atoms with van der Waals surface area (Å²) in [5.74, 6) is 0.618. The van der Waals surface area contributed by atoms with E-state index in [1.54, 1.807) is 0 Å². The van der Waals surface area contributed by atoms with E-state index in [-0.39, 0.29) is 18.4 Å². The summed E-state index contributed by atoms with van der Waals surface area (Å²) < 4.78 is 1.98. The largest absolute Gasteiger partial charge is 0.341 e. The monoisotopic (exact) mass is 458 g/mol. The molecule has 1 N–H and O–H groups in total. The SMILES string of the molecule is CC1CCN(C(=O)Cn2cc(/C=C3\NC(=S)N(c4ccccc4)C3=O)c3ccccc32)CC1. The van der Waals surface area contributed by atoms with E-state index in [1.807, 2.05) is 76.3 Å². The highest BCUT2D eigenvalue weighted by Crippen LogP contribution is 2.27. The molecule has 5 rings (SSSR count). The van der Waals surface area contributed by atoms with Gasteiger partial charge in [0.15, 0.2) is 5.11 Å². The molecule has 168 valence electrons. The van der Waals surface area contributed by atoms with Crippen molar-refractivity contribution in [1.29, 1.82) is 0 Å². The number of hydrogen-bond acceptors (Lipinski definition) is 3. The van der Waals surface area contributed by atoms with Gasteiger partial charge in [-0.25, -0.2) is 0 Å². The topological polar surface area (TPSA) is 57.6 Å². The summed E-state index contributed by atoms with van der Waals surface area (Å²) in [6, 6.07) is 17.3. The Labute approximate surface area is 198 Å². The van der Waals surface area contributed by atoms with Gasteiger partial charge in [0.05, 0.1) is 5.69 Å². The van der Waals surface area contributed by atoms with Crippen LogP contribution in [0.4, 0.5) is 5.69 Å². The van der Waals surface area contributed by atoms with Crippen molar-refractivity contribution in [2.75, 3.05) is 18.0 Å². The number of nitrogens with one attached hydrogen (secondary N) is 1. The molecule has 3 aromatic rings. The van der Waals surface area contributed by atoms with Gasteiger partial charge in [-0.2, -0.15) is 0 Å². The number of aromatic nitrogens is 1. The van der Waals surface area contributed by atoms with Gasteiger partial charge in [-0.1, -0.05) is 43.3 Å². The number of amides is 2. The smallest absolute Gasteiger partial charge is 0.281 e. The molecular weight excluding hydrogens is 432 g/mol. The second-order valence-electron chi connectivity index (χ2n) is 8.76. The van der Waals surface area contributed by atoms with Gasteiger partial charge in [-0.3, -0.25) is 14.5 Å². The highest BCUT2D eigenvalue weighted by atomic mass is 32.1. The molecule has 2 aliphatic heterocycles. The number of likely N-dealkylation sites (tertiary alicyclic amines) is 1. The average molecular weight is 459 g/mol. The predicted molar refractivity (Wildman–Crippen MR) is 135 cm³/mol. The number of rotatable bonds is 4. The highest BCUT2D eigenvalue weighted by molar-refractivity contribution is 7.80. The Balaban J connectivity index is 1.44. The van der Waals surface area contributed by atoms with Crippen LogP contribution in [0.15, 0.2) is 66.5 Å². The number of anilines is 1. The molecule has 2 amide bonds. The maximum Gasteiger partial charge on any atom is 0.281 e. The van der Waals surface area contributed by atoms with E-state index in [4.69, 9.17) is 12.2 Å². The molecule has 0 aliphatic carbocycles. The van der Waals surface area contributed by atoms with Crippen molar-refractivity contribution in [2.24, 2.45) is 5.92 Å². The molecule has 2 fully saturated rings.